The van der Waals surface area contributed by atoms with Crippen molar-refractivity contribution < 1.29 is 0 Å². The van der Waals surface area contributed by atoms with Crippen molar-refractivity contribution in [2.75, 3.05) is 11.4 Å². The van der Waals surface area contributed by atoms with Crippen LogP contribution in [0.25, 0.3) is 0 Å². The molecule has 2 aliphatic rings. The molecule has 1 atom stereocenters. The molecule has 3 rings (SSSR count). The average molecular weight is 309 g/mol. The van der Waals surface area contributed by atoms with Gasteiger partial charge in [0.1, 0.15) is 5.82 Å². The van der Waals surface area contributed by atoms with Gasteiger partial charge in [0.15, 0.2) is 0 Å². The highest BCUT2D eigenvalue weighted by Crippen LogP contribution is 2.39. The van der Waals surface area contributed by atoms with Gasteiger partial charge in [0.25, 0.3) is 0 Å². The molecule has 1 aliphatic carbocycles. The lowest BCUT2D eigenvalue weighted by molar-refractivity contribution is 0.429. The van der Waals surface area contributed by atoms with Crippen LogP contribution < -0.4 is 4.90 Å². The van der Waals surface area contributed by atoms with Gasteiger partial charge in [-0.15, -0.1) is 0 Å². The average Bonchev–Trinajstić information content (AvgIpc) is 3.01. The minimum Gasteiger partial charge on any atom is -0.352 e. The summed E-state index contributed by atoms with van der Waals surface area (Å²) in [6.07, 6.45) is 10.3. The zero-order valence-electron chi connectivity index (χ0n) is 11.0. The largest absolute Gasteiger partial charge is 0.352 e. The molecular formula is C15H21BrN2. The van der Waals surface area contributed by atoms with Gasteiger partial charge in [-0.05, 0) is 66.1 Å². The van der Waals surface area contributed by atoms with Crippen LogP contribution in [-0.4, -0.2) is 17.6 Å². The number of nitrogens with zero attached hydrogens (tertiary/aromatic N) is 2. The van der Waals surface area contributed by atoms with Crippen LogP contribution in [0.5, 0.6) is 0 Å². The van der Waals surface area contributed by atoms with Gasteiger partial charge in [-0.25, -0.2) is 4.98 Å². The van der Waals surface area contributed by atoms with Crippen LogP contribution in [0.15, 0.2) is 16.7 Å². The monoisotopic (exact) mass is 308 g/mol. The lowest BCUT2D eigenvalue weighted by Gasteiger charge is -2.31. The van der Waals surface area contributed by atoms with E-state index < -0.39 is 0 Å². The minimum absolute atomic E-state index is 0.734. The summed E-state index contributed by atoms with van der Waals surface area (Å²) < 4.78 is 1.19. The fourth-order valence-corrected chi connectivity index (χ4v) is 4.08. The first-order valence-corrected chi connectivity index (χ1v) is 7.94. The van der Waals surface area contributed by atoms with Crippen molar-refractivity contribution in [2.24, 2.45) is 5.92 Å². The van der Waals surface area contributed by atoms with Crippen molar-refractivity contribution in [1.29, 1.82) is 0 Å². The van der Waals surface area contributed by atoms with Crippen molar-refractivity contribution in [3.05, 3.63) is 22.3 Å². The third kappa shape index (κ3) is 2.18. The number of pyridine rings is 1. The lowest BCUT2D eigenvalue weighted by Crippen LogP contribution is -2.35. The highest BCUT2D eigenvalue weighted by atomic mass is 79.9. The van der Waals surface area contributed by atoms with E-state index in [1.54, 1.807) is 0 Å². The number of halogens is 1. The summed E-state index contributed by atoms with van der Waals surface area (Å²) in [5, 5.41) is 0. The van der Waals surface area contributed by atoms with E-state index >= 15 is 0 Å². The molecule has 0 spiro atoms. The summed E-state index contributed by atoms with van der Waals surface area (Å²) in [5.41, 5.74) is 1.29. The second-order valence-electron chi connectivity index (χ2n) is 5.71. The highest BCUT2D eigenvalue weighted by molar-refractivity contribution is 9.10. The van der Waals surface area contributed by atoms with Crippen LogP contribution >= 0.6 is 15.9 Å². The van der Waals surface area contributed by atoms with Gasteiger partial charge in [0, 0.05) is 18.8 Å². The Balaban J connectivity index is 1.87. The predicted molar refractivity (Wildman–Crippen MR) is 79.0 cm³/mol. The second-order valence-corrected chi connectivity index (χ2v) is 6.51. The van der Waals surface area contributed by atoms with E-state index in [9.17, 15) is 0 Å². The number of hydrogen-bond acceptors (Lipinski definition) is 2. The first-order valence-electron chi connectivity index (χ1n) is 7.15. The maximum absolute atomic E-state index is 4.62. The van der Waals surface area contributed by atoms with E-state index in [2.05, 4.69) is 38.8 Å². The maximum Gasteiger partial charge on any atom is 0.143 e. The molecule has 1 aromatic rings. The summed E-state index contributed by atoms with van der Waals surface area (Å²) in [7, 11) is 0. The van der Waals surface area contributed by atoms with Crippen molar-refractivity contribution in [2.45, 2.75) is 51.5 Å². The molecule has 18 heavy (non-hydrogen) atoms. The van der Waals surface area contributed by atoms with Crippen LogP contribution in [0.2, 0.25) is 0 Å². The molecular weight excluding hydrogens is 288 g/mol. The molecule has 1 aromatic heterocycles. The first kappa shape index (κ1) is 12.5. The quantitative estimate of drug-likeness (QED) is 0.809. The SMILES string of the molecule is Cc1ccnc(N2CCCC2C2CCCC2)c1Br. The van der Waals surface area contributed by atoms with Crippen molar-refractivity contribution in [3.8, 4) is 0 Å². The molecule has 2 heterocycles. The number of rotatable bonds is 2. The lowest BCUT2D eigenvalue weighted by atomic mass is 9.96. The molecule has 0 amide bonds. The highest BCUT2D eigenvalue weighted by Gasteiger charge is 2.34. The summed E-state index contributed by atoms with van der Waals surface area (Å²) in [4.78, 5) is 7.18. The van der Waals surface area contributed by atoms with E-state index in [1.165, 1.54) is 60.9 Å². The van der Waals surface area contributed by atoms with E-state index in [-0.39, 0.29) is 0 Å². The Morgan fingerprint density at radius 2 is 2.00 bits per heavy atom. The Labute approximate surface area is 118 Å². The Morgan fingerprint density at radius 1 is 1.22 bits per heavy atom. The maximum atomic E-state index is 4.62. The molecule has 0 aromatic carbocycles. The molecule has 1 saturated carbocycles. The van der Waals surface area contributed by atoms with Gasteiger partial charge in [0.05, 0.1) is 4.47 Å². The molecule has 1 unspecified atom stereocenters. The molecule has 0 radical (unpaired) electrons. The van der Waals surface area contributed by atoms with Crippen LogP contribution in [0.3, 0.4) is 0 Å². The summed E-state index contributed by atoms with van der Waals surface area (Å²) in [5.74, 6) is 2.08. The Morgan fingerprint density at radius 3 is 2.78 bits per heavy atom. The molecule has 2 fully saturated rings. The molecule has 0 bridgehead atoms. The molecule has 1 aliphatic heterocycles. The van der Waals surface area contributed by atoms with E-state index in [0.29, 0.717) is 0 Å². The minimum atomic E-state index is 0.734. The van der Waals surface area contributed by atoms with Crippen molar-refractivity contribution in [3.63, 3.8) is 0 Å². The van der Waals surface area contributed by atoms with Gasteiger partial charge in [-0.1, -0.05) is 12.8 Å². The summed E-state index contributed by atoms with van der Waals surface area (Å²) >= 11 is 3.72. The third-order valence-corrected chi connectivity index (χ3v) is 5.56. The zero-order chi connectivity index (χ0) is 12.5. The molecule has 1 saturated heterocycles. The van der Waals surface area contributed by atoms with E-state index in [1.807, 2.05) is 6.20 Å². The molecule has 0 N–H and O–H groups in total. The van der Waals surface area contributed by atoms with Gasteiger partial charge >= 0.3 is 0 Å². The van der Waals surface area contributed by atoms with Crippen molar-refractivity contribution in [1.82, 2.24) is 4.98 Å². The van der Waals surface area contributed by atoms with E-state index in [0.717, 1.165) is 12.0 Å². The predicted octanol–water partition coefficient (Wildman–Crippen LogP) is 4.31. The summed E-state index contributed by atoms with van der Waals surface area (Å²) in [6, 6.07) is 2.81. The smallest absolute Gasteiger partial charge is 0.143 e. The standard InChI is InChI=1S/C15H21BrN2/c1-11-8-9-17-15(14(11)16)18-10-4-7-13(18)12-5-2-3-6-12/h8-9,12-13H,2-7,10H2,1H3. The second kappa shape index (κ2) is 5.20. The van der Waals surface area contributed by atoms with Gasteiger partial charge in [-0.3, -0.25) is 0 Å². The Bertz CT molecular complexity index is 427. The van der Waals surface area contributed by atoms with Crippen LogP contribution in [0, 0.1) is 12.8 Å². The normalized spacial score (nSPS) is 25.0. The van der Waals surface area contributed by atoms with Crippen LogP contribution in [0.1, 0.15) is 44.1 Å². The molecule has 98 valence electrons. The first-order chi connectivity index (χ1) is 8.77. The zero-order valence-corrected chi connectivity index (χ0v) is 12.6. The topological polar surface area (TPSA) is 16.1 Å². The number of hydrogen-bond donors (Lipinski definition) is 0. The number of aryl methyl sites for hydroxylation is 1. The van der Waals surface area contributed by atoms with E-state index in [4.69, 9.17) is 0 Å². The fraction of sp³-hybridized carbons (Fsp3) is 0.667. The van der Waals surface area contributed by atoms with Gasteiger partial charge < -0.3 is 4.90 Å². The summed E-state index contributed by atoms with van der Waals surface area (Å²) in [6.45, 7) is 3.33. The van der Waals surface area contributed by atoms with Crippen molar-refractivity contribution >= 4 is 21.7 Å². The van der Waals surface area contributed by atoms with Gasteiger partial charge in [-0.2, -0.15) is 0 Å². The molecule has 3 heteroatoms. The van der Waals surface area contributed by atoms with Gasteiger partial charge in [0.2, 0.25) is 0 Å². The Kier molecular flexibility index (Phi) is 3.60. The molecule has 2 nitrogen and oxygen atoms in total. The number of aromatic nitrogens is 1. The van der Waals surface area contributed by atoms with Crippen LogP contribution in [0.4, 0.5) is 5.82 Å². The Hall–Kier alpha value is -0.570. The fourth-order valence-electron chi connectivity index (χ4n) is 3.61. The van der Waals surface area contributed by atoms with Crippen LogP contribution in [-0.2, 0) is 0 Å². The third-order valence-electron chi connectivity index (χ3n) is 4.58. The number of anilines is 1.